The highest BCUT2D eigenvalue weighted by atomic mass is 16.5. The molecule has 0 spiro atoms. The van der Waals surface area contributed by atoms with Crippen molar-refractivity contribution in [1.29, 1.82) is 0 Å². The van der Waals surface area contributed by atoms with Gasteiger partial charge < -0.3 is 15.0 Å². The molecule has 2 atom stereocenters. The van der Waals surface area contributed by atoms with Gasteiger partial charge >= 0.3 is 0 Å². The van der Waals surface area contributed by atoms with E-state index in [9.17, 15) is 9.59 Å². The molecule has 5 heteroatoms. The van der Waals surface area contributed by atoms with Crippen molar-refractivity contribution >= 4 is 11.8 Å². The third-order valence-electron chi connectivity index (χ3n) is 5.45. The minimum atomic E-state index is -0.603. The van der Waals surface area contributed by atoms with Crippen molar-refractivity contribution < 1.29 is 14.3 Å². The van der Waals surface area contributed by atoms with Gasteiger partial charge in [0, 0.05) is 12.6 Å². The van der Waals surface area contributed by atoms with E-state index in [1.165, 1.54) is 5.56 Å². The number of ether oxygens (including phenoxy) is 1. The molecule has 0 bridgehead atoms. The van der Waals surface area contributed by atoms with Crippen LogP contribution >= 0.6 is 0 Å². The van der Waals surface area contributed by atoms with Crippen LogP contribution in [0.15, 0.2) is 54.6 Å². The fraction of sp³-hybridized carbons (Fsp3) is 0.462. The summed E-state index contributed by atoms with van der Waals surface area (Å²) >= 11 is 0. The lowest BCUT2D eigenvalue weighted by atomic mass is 9.87. The number of rotatable bonds is 9. The van der Waals surface area contributed by atoms with Gasteiger partial charge in [0.15, 0.2) is 6.61 Å². The van der Waals surface area contributed by atoms with Crippen LogP contribution in [0.3, 0.4) is 0 Å². The van der Waals surface area contributed by atoms with E-state index < -0.39 is 6.04 Å². The van der Waals surface area contributed by atoms with Gasteiger partial charge in [-0.05, 0) is 48.9 Å². The van der Waals surface area contributed by atoms with Crippen LogP contribution in [-0.2, 0) is 21.5 Å². The number of carbonyl (C=O) groups excluding carboxylic acids is 2. The molecule has 5 nitrogen and oxygen atoms in total. The van der Waals surface area contributed by atoms with Crippen molar-refractivity contribution in [3.63, 3.8) is 0 Å². The van der Waals surface area contributed by atoms with E-state index in [-0.39, 0.29) is 29.9 Å². The van der Waals surface area contributed by atoms with E-state index in [2.05, 4.69) is 26.1 Å². The maximum absolute atomic E-state index is 13.1. The van der Waals surface area contributed by atoms with E-state index in [1.807, 2.05) is 68.4 Å². The van der Waals surface area contributed by atoms with Crippen molar-refractivity contribution in [3.05, 3.63) is 65.7 Å². The summed E-state index contributed by atoms with van der Waals surface area (Å²) in [4.78, 5) is 27.4. The molecule has 2 amide bonds. The standard InChI is InChI=1S/C26H36N2O3/c1-7-19(2)27-25(30)20(3)28(17-21-11-9-8-10-12-21)24(29)18-31-23-15-13-22(14-16-23)26(4,5)6/h8-16,19-20H,7,17-18H2,1-6H3,(H,27,30)/t19-,20+/m1/s1. The van der Waals surface area contributed by atoms with Gasteiger partial charge in [0.05, 0.1) is 0 Å². The molecule has 0 aliphatic carbocycles. The van der Waals surface area contributed by atoms with Crippen LogP contribution in [0, 0.1) is 0 Å². The quantitative estimate of drug-likeness (QED) is 0.635. The Kier molecular flexibility index (Phi) is 8.66. The van der Waals surface area contributed by atoms with E-state index in [1.54, 1.807) is 11.8 Å². The fourth-order valence-electron chi connectivity index (χ4n) is 3.11. The highest BCUT2D eigenvalue weighted by Crippen LogP contribution is 2.24. The summed E-state index contributed by atoms with van der Waals surface area (Å²) in [6, 6.07) is 16.9. The first-order chi connectivity index (χ1) is 14.6. The zero-order valence-electron chi connectivity index (χ0n) is 19.6. The van der Waals surface area contributed by atoms with Crippen LogP contribution < -0.4 is 10.1 Å². The fourth-order valence-corrected chi connectivity index (χ4v) is 3.11. The van der Waals surface area contributed by atoms with Crippen molar-refractivity contribution in [3.8, 4) is 5.75 Å². The van der Waals surface area contributed by atoms with Gasteiger partial charge in [0.1, 0.15) is 11.8 Å². The summed E-state index contributed by atoms with van der Waals surface area (Å²) in [5, 5.41) is 2.97. The second-order valence-electron chi connectivity index (χ2n) is 9.06. The Morgan fingerprint density at radius 3 is 2.16 bits per heavy atom. The zero-order valence-corrected chi connectivity index (χ0v) is 19.6. The molecule has 0 aromatic heterocycles. The van der Waals surface area contributed by atoms with Crippen LogP contribution in [0.4, 0.5) is 0 Å². The SMILES string of the molecule is CC[C@@H](C)NC(=O)[C@H](C)N(Cc1ccccc1)C(=O)COc1ccc(C(C)(C)C)cc1. The number of hydrogen-bond donors (Lipinski definition) is 1. The van der Waals surface area contributed by atoms with Gasteiger partial charge in [-0.1, -0.05) is 70.2 Å². The monoisotopic (exact) mass is 424 g/mol. The van der Waals surface area contributed by atoms with Gasteiger partial charge in [0.25, 0.3) is 5.91 Å². The average Bonchev–Trinajstić information content (AvgIpc) is 2.75. The highest BCUT2D eigenvalue weighted by Gasteiger charge is 2.27. The van der Waals surface area contributed by atoms with Gasteiger partial charge in [-0.15, -0.1) is 0 Å². The van der Waals surface area contributed by atoms with Crippen molar-refractivity contribution in [2.24, 2.45) is 0 Å². The van der Waals surface area contributed by atoms with Gasteiger partial charge in [-0.2, -0.15) is 0 Å². The van der Waals surface area contributed by atoms with Crippen molar-refractivity contribution in [1.82, 2.24) is 10.2 Å². The lowest BCUT2D eigenvalue weighted by Crippen LogP contribution is -2.50. The Bertz CT molecular complexity index is 841. The first-order valence-electron chi connectivity index (χ1n) is 11.0. The number of carbonyl (C=O) groups is 2. The van der Waals surface area contributed by atoms with Crippen molar-refractivity contribution in [2.45, 2.75) is 72.0 Å². The number of nitrogens with one attached hydrogen (secondary N) is 1. The van der Waals surface area contributed by atoms with Crippen LogP contribution in [0.5, 0.6) is 5.75 Å². The first-order valence-corrected chi connectivity index (χ1v) is 11.0. The van der Waals surface area contributed by atoms with Crippen LogP contribution in [0.2, 0.25) is 0 Å². The van der Waals surface area contributed by atoms with Gasteiger partial charge in [0.2, 0.25) is 5.91 Å². The summed E-state index contributed by atoms with van der Waals surface area (Å²) in [6.45, 7) is 12.4. The highest BCUT2D eigenvalue weighted by molar-refractivity contribution is 5.88. The molecule has 2 rings (SSSR count). The summed E-state index contributed by atoms with van der Waals surface area (Å²) in [5.41, 5.74) is 2.22. The molecule has 0 radical (unpaired) electrons. The maximum Gasteiger partial charge on any atom is 0.261 e. The molecule has 0 fully saturated rings. The second kappa shape index (κ2) is 11.0. The molecule has 0 saturated carbocycles. The normalized spacial score (nSPS) is 13.2. The van der Waals surface area contributed by atoms with Crippen LogP contribution in [0.25, 0.3) is 0 Å². The summed E-state index contributed by atoms with van der Waals surface area (Å²) in [5.74, 6) is 0.251. The molecule has 168 valence electrons. The predicted molar refractivity (Wildman–Crippen MR) is 125 cm³/mol. The Hall–Kier alpha value is -2.82. The van der Waals surface area contributed by atoms with E-state index >= 15 is 0 Å². The molecule has 1 N–H and O–H groups in total. The van der Waals surface area contributed by atoms with E-state index in [0.717, 1.165) is 12.0 Å². The zero-order chi connectivity index (χ0) is 23.0. The van der Waals surface area contributed by atoms with Gasteiger partial charge in [-0.25, -0.2) is 0 Å². The van der Waals surface area contributed by atoms with Crippen LogP contribution in [-0.4, -0.2) is 35.4 Å². The number of hydrogen-bond acceptors (Lipinski definition) is 3. The Morgan fingerprint density at radius 2 is 1.61 bits per heavy atom. The summed E-state index contributed by atoms with van der Waals surface area (Å²) < 4.78 is 5.76. The van der Waals surface area contributed by atoms with E-state index in [4.69, 9.17) is 4.74 Å². The minimum absolute atomic E-state index is 0.0548. The number of amides is 2. The van der Waals surface area contributed by atoms with Crippen LogP contribution in [0.1, 0.15) is 59.1 Å². The molecule has 0 aliphatic rings. The lowest BCUT2D eigenvalue weighted by molar-refractivity contribution is -0.142. The Morgan fingerprint density at radius 1 is 1.00 bits per heavy atom. The first kappa shape index (κ1) is 24.4. The minimum Gasteiger partial charge on any atom is -0.484 e. The van der Waals surface area contributed by atoms with Gasteiger partial charge in [-0.3, -0.25) is 9.59 Å². The lowest BCUT2D eigenvalue weighted by Gasteiger charge is -2.29. The average molecular weight is 425 g/mol. The molecule has 0 saturated heterocycles. The second-order valence-corrected chi connectivity index (χ2v) is 9.06. The Labute approximate surface area is 186 Å². The third kappa shape index (κ3) is 7.42. The molecule has 2 aromatic rings. The third-order valence-corrected chi connectivity index (χ3v) is 5.45. The molecule has 31 heavy (non-hydrogen) atoms. The molecule has 2 aromatic carbocycles. The summed E-state index contributed by atoms with van der Waals surface area (Å²) in [6.07, 6.45) is 0.832. The summed E-state index contributed by atoms with van der Waals surface area (Å²) in [7, 11) is 0. The smallest absolute Gasteiger partial charge is 0.261 e. The molecular formula is C26H36N2O3. The Balaban J connectivity index is 2.10. The molecule has 0 unspecified atom stereocenters. The van der Waals surface area contributed by atoms with Crippen molar-refractivity contribution in [2.75, 3.05) is 6.61 Å². The maximum atomic E-state index is 13.1. The number of benzene rings is 2. The largest absolute Gasteiger partial charge is 0.484 e. The molecular weight excluding hydrogens is 388 g/mol. The molecule has 0 heterocycles. The molecule has 0 aliphatic heterocycles. The van der Waals surface area contributed by atoms with E-state index in [0.29, 0.717) is 12.3 Å². The topological polar surface area (TPSA) is 58.6 Å². The number of nitrogens with zero attached hydrogens (tertiary/aromatic N) is 1. The predicted octanol–water partition coefficient (Wildman–Crippen LogP) is 4.69.